The first-order valence-electron chi connectivity index (χ1n) is 6.97. The van der Waals surface area contributed by atoms with Gasteiger partial charge in [0.2, 0.25) is 10.0 Å². The third kappa shape index (κ3) is 4.15. The maximum atomic E-state index is 12.0. The zero-order valence-corrected chi connectivity index (χ0v) is 14.8. The van der Waals surface area contributed by atoms with Crippen molar-refractivity contribution < 1.29 is 17.9 Å². The number of carbonyl (C=O) groups is 1. The number of hydrogen-bond acceptors (Lipinski definition) is 6. The Hall–Kier alpha value is -1.77. The molecule has 0 unspecified atom stereocenters. The van der Waals surface area contributed by atoms with E-state index in [-0.39, 0.29) is 11.5 Å². The molecule has 0 saturated heterocycles. The standard InChI is InChI=1S/C15H18N2O4S2/c1-4-14-16-12(10-22-14)9-21-15(18)11-5-7-13(8-6-11)23(19,20)17(2)3/h5-8,10H,4,9H2,1-3H3. The quantitative estimate of drug-likeness (QED) is 0.744. The van der Waals surface area contributed by atoms with Gasteiger partial charge in [0.05, 0.1) is 21.2 Å². The number of sulfonamides is 1. The molecule has 0 N–H and O–H groups in total. The van der Waals surface area contributed by atoms with Gasteiger partial charge in [-0.25, -0.2) is 22.5 Å². The third-order valence-corrected chi connectivity index (χ3v) is 5.99. The maximum Gasteiger partial charge on any atom is 0.338 e. The predicted octanol–water partition coefficient (Wildman–Crippen LogP) is 2.31. The van der Waals surface area contributed by atoms with Gasteiger partial charge in [-0.3, -0.25) is 0 Å². The van der Waals surface area contributed by atoms with E-state index in [1.807, 2.05) is 12.3 Å². The summed E-state index contributed by atoms with van der Waals surface area (Å²) in [5, 5.41) is 2.85. The zero-order chi connectivity index (χ0) is 17.0. The molecule has 23 heavy (non-hydrogen) atoms. The molecule has 0 amide bonds. The third-order valence-electron chi connectivity index (χ3n) is 3.12. The molecule has 1 aromatic carbocycles. The molecule has 8 heteroatoms. The van der Waals surface area contributed by atoms with Gasteiger partial charge in [-0.05, 0) is 30.7 Å². The lowest BCUT2D eigenvalue weighted by Crippen LogP contribution is -2.22. The SMILES string of the molecule is CCc1nc(COC(=O)c2ccc(S(=O)(=O)N(C)C)cc2)cs1. The largest absolute Gasteiger partial charge is 0.456 e. The molecule has 0 radical (unpaired) electrons. The van der Waals surface area contributed by atoms with Crippen LogP contribution in [-0.2, 0) is 27.8 Å². The molecule has 0 bridgehead atoms. The summed E-state index contributed by atoms with van der Waals surface area (Å²) in [7, 11) is -0.594. The van der Waals surface area contributed by atoms with Crippen LogP contribution in [0.3, 0.4) is 0 Å². The highest BCUT2D eigenvalue weighted by Gasteiger charge is 2.18. The molecule has 0 fully saturated rings. The summed E-state index contributed by atoms with van der Waals surface area (Å²) in [4.78, 5) is 16.4. The highest BCUT2D eigenvalue weighted by atomic mass is 32.2. The van der Waals surface area contributed by atoms with Crippen LogP contribution in [0, 0.1) is 0 Å². The Balaban J connectivity index is 2.03. The minimum absolute atomic E-state index is 0.104. The predicted molar refractivity (Wildman–Crippen MR) is 87.9 cm³/mol. The van der Waals surface area contributed by atoms with Crippen molar-refractivity contribution in [3.63, 3.8) is 0 Å². The number of nitrogens with zero attached hydrogens (tertiary/aromatic N) is 2. The summed E-state index contributed by atoms with van der Waals surface area (Å²) in [6.45, 7) is 2.12. The first kappa shape index (κ1) is 17.6. The molecule has 0 aliphatic carbocycles. The van der Waals surface area contributed by atoms with Crippen LogP contribution in [0.1, 0.15) is 28.0 Å². The number of ether oxygens (including phenoxy) is 1. The topological polar surface area (TPSA) is 76.6 Å². The smallest absolute Gasteiger partial charge is 0.338 e. The van der Waals surface area contributed by atoms with Crippen molar-refractivity contribution in [3.05, 3.63) is 45.9 Å². The van der Waals surface area contributed by atoms with Crippen LogP contribution in [0.4, 0.5) is 0 Å². The van der Waals surface area contributed by atoms with Crippen molar-refractivity contribution in [2.24, 2.45) is 0 Å². The van der Waals surface area contributed by atoms with Crippen LogP contribution in [0.2, 0.25) is 0 Å². The molecule has 0 aliphatic heterocycles. The van der Waals surface area contributed by atoms with E-state index in [2.05, 4.69) is 4.98 Å². The van der Waals surface area contributed by atoms with E-state index >= 15 is 0 Å². The Labute approximate surface area is 139 Å². The summed E-state index contributed by atoms with van der Waals surface area (Å²) in [6, 6.07) is 5.67. The molecule has 124 valence electrons. The minimum atomic E-state index is -3.50. The number of rotatable bonds is 6. The minimum Gasteiger partial charge on any atom is -0.456 e. The van der Waals surface area contributed by atoms with Gasteiger partial charge >= 0.3 is 5.97 Å². The number of hydrogen-bond donors (Lipinski definition) is 0. The van der Waals surface area contributed by atoms with Crippen molar-refractivity contribution in [3.8, 4) is 0 Å². The second kappa shape index (κ2) is 7.20. The molecule has 0 spiro atoms. The summed E-state index contributed by atoms with van der Waals surface area (Å²) < 4.78 is 30.2. The Bertz CT molecular complexity index is 780. The lowest BCUT2D eigenvalue weighted by Gasteiger charge is -2.11. The highest BCUT2D eigenvalue weighted by Crippen LogP contribution is 2.16. The van der Waals surface area contributed by atoms with Gasteiger partial charge in [0.25, 0.3) is 0 Å². The summed E-state index contributed by atoms with van der Waals surface area (Å²) in [6.07, 6.45) is 0.848. The fraction of sp³-hybridized carbons (Fsp3) is 0.333. The molecular weight excluding hydrogens is 336 g/mol. The van der Waals surface area contributed by atoms with Gasteiger partial charge in [0.1, 0.15) is 6.61 Å². The lowest BCUT2D eigenvalue weighted by atomic mass is 10.2. The van der Waals surface area contributed by atoms with Crippen molar-refractivity contribution >= 4 is 27.3 Å². The van der Waals surface area contributed by atoms with E-state index in [4.69, 9.17) is 4.74 Å². The van der Waals surface area contributed by atoms with E-state index in [1.54, 1.807) is 0 Å². The first-order valence-corrected chi connectivity index (χ1v) is 9.29. The van der Waals surface area contributed by atoms with Crippen LogP contribution in [0.25, 0.3) is 0 Å². The number of benzene rings is 1. The van der Waals surface area contributed by atoms with Crippen LogP contribution in [0.15, 0.2) is 34.5 Å². The van der Waals surface area contributed by atoms with Gasteiger partial charge in [-0.1, -0.05) is 6.92 Å². The monoisotopic (exact) mass is 354 g/mol. The van der Waals surface area contributed by atoms with Gasteiger partial charge in [-0.2, -0.15) is 0 Å². The van der Waals surface area contributed by atoms with Gasteiger partial charge < -0.3 is 4.74 Å². The van der Waals surface area contributed by atoms with E-state index in [9.17, 15) is 13.2 Å². The van der Waals surface area contributed by atoms with Crippen LogP contribution in [-0.4, -0.2) is 37.8 Å². The molecule has 1 heterocycles. The van der Waals surface area contributed by atoms with Crippen molar-refractivity contribution in [2.45, 2.75) is 24.8 Å². The molecule has 1 aromatic heterocycles. The van der Waals surface area contributed by atoms with Gasteiger partial charge in [0, 0.05) is 19.5 Å². The van der Waals surface area contributed by atoms with E-state index in [0.29, 0.717) is 11.3 Å². The van der Waals surface area contributed by atoms with Crippen molar-refractivity contribution in [1.82, 2.24) is 9.29 Å². The fourth-order valence-electron chi connectivity index (χ4n) is 1.77. The average molecular weight is 354 g/mol. The van der Waals surface area contributed by atoms with Crippen LogP contribution in [0.5, 0.6) is 0 Å². The van der Waals surface area contributed by atoms with E-state index in [1.165, 1.54) is 49.7 Å². The summed E-state index contributed by atoms with van der Waals surface area (Å²) in [5.41, 5.74) is 1.01. The molecule has 0 saturated carbocycles. The fourth-order valence-corrected chi connectivity index (χ4v) is 3.41. The number of aryl methyl sites for hydroxylation is 1. The molecule has 2 aromatic rings. The highest BCUT2D eigenvalue weighted by molar-refractivity contribution is 7.89. The van der Waals surface area contributed by atoms with E-state index < -0.39 is 16.0 Å². The Morgan fingerprint density at radius 1 is 1.26 bits per heavy atom. The Kier molecular flexibility index (Phi) is 5.51. The first-order chi connectivity index (χ1) is 10.8. The Morgan fingerprint density at radius 3 is 2.43 bits per heavy atom. The number of esters is 1. The Morgan fingerprint density at radius 2 is 1.91 bits per heavy atom. The second-order valence-corrected chi connectivity index (χ2v) is 8.07. The average Bonchev–Trinajstić information content (AvgIpc) is 3.00. The maximum absolute atomic E-state index is 12.0. The van der Waals surface area contributed by atoms with E-state index in [0.717, 1.165) is 15.7 Å². The summed E-state index contributed by atoms with van der Waals surface area (Å²) in [5.74, 6) is -0.509. The van der Waals surface area contributed by atoms with Crippen molar-refractivity contribution in [1.29, 1.82) is 0 Å². The lowest BCUT2D eigenvalue weighted by molar-refractivity contribution is 0.0468. The molecule has 6 nitrogen and oxygen atoms in total. The zero-order valence-electron chi connectivity index (χ0n) is 13.1. The number of thiazole rings is 1. The van der Waals surface area contributed by atoms with Crippen LogP contribution >= 0.6 is 11.3 Å². The number of aromatic nitrogens is 1. The van der Waals surface area contributed by atoms with Crippen LogP contribution < -0.4 is 0 Å². The molecular formula is C15H18N2O4S2. The van der Waals surface area contributed by atoms with Gasteiger partial charge in [0.15, 0.2) is 0 Å². The van der Waals surface area contributed by atoms with Crippen molar-refractivity contribution in [2.75, 3.05) is 14.1 Å². The molecule has 0 atom stereocenters. The molecule has 0 aliphatic rings. The van der Waals surface area contributed by atoms with Gasteiger partial charge in [-0.15, -0.1) is 11.3 Å². The summed E-state index contributed by atoms with van der Waals surface area (Å²) >= 11 is 1.53. The normalized spacial score (nSPS) is 11.7. The number of carbonyl (C=O) groups excluding carboxylic acids is 1. The second-order valence-electron chi connectivity index (χ2n) is 4.97. The molecule has 2 rings (SSSR count).